The number of rotatable bonds is 4. The van der Waals surface area contributed by atoms with E-state index in [1.165, 1.54) is 12.8 Å². The van der Waals surface area contributed by atoms with Gasteiger partial charge in [0.15, 0.2) is 0 Å². The monoisotopic (exact) mass is 209 g/mol. The first-order chi connectivity index (χ1) is 7.13. The normalized spacial score (nSPS) is 26.2. The minimum Gasteiger partial charge on any atom is -0.480 e. The average molecular weight is 209 g/mol. The Morgan fingerprint density at radius 1 is 1.47 bits per heavy atom. The predicted molar refractivity (Wildman–Crippen MR) is 59.5 cm³/mol. The number of aliphatic carboxylic acids is 1. The smallest absolute Gasteiger partial charge is 0.317 e. The number of carbonyl (C=O) groups is 1. The summed E-state index contributed by atoms with van der Waals surface area (Å²) in [5, 5.41) is 8.78. The van der Waals surface area contributed by atoms with Crippen molar-refractivity contribution in [2.24, 2.45) is 5.92 Å². The largest absolute Gasteiger partial charge is 0.480 e. The highest BCUT2D eigenvalue weighted by Crippen LogP contribution is 2.26. The molecule has 84 valence electrons. The number of hydrogen-bond donors (Lipinski definition) is 1. The third-order valence-electron chi connectivity index (χ3n) is 3.13. The Morgan fingerprint density at radius 2 is 2.07 bits per heavy atom. The zero-order chi connectivity index (χ0) is 11.3. The molecule has 1 aliphatic rings. The lowest BCUT2D eigenvalue weighted by Gasteiger charge is -2.34. The summed E-state index contributed by atoms with van der Waals surface area (Å²) in [5.41, 5.74) is 0. The van der Waals surface area contributed by atoms with Gasteiger partial charge in [-0.2, -0.15) is 0 Å². The van der Waals surface area contributed by atoms with E-state index < -0.39 is 5.97 Å². The summed E-state index contributed by atoms with van der Waals surface area (Å²) in [6.45, 7) is 2.77. The van der Waals surface area contributed by atoms with Gasteiger partial charge in [0.2, 0.25) is 0 Å². The topological polar surface area (TPSA) is 40.5 Å². The Kier molecular flexibility index (Phi) is 4.64. The fourth-order valence-corrected chi connectivity index (χ4v) is 2.21. The molecule has 1 aliphatic carbocycles. The summed E-state index contributed by atoms with van der Waals surface area (Å²) in [7, 11) is 0. The van der Waals surface area contributed by atoms with Crippen LogP contribution in [0.2, 0.25) is 0 Å². The van der Waals surface area contributed by atoms with Gasteiger partial charge in [-0.3, -0.25) is 9.69 Å². The van der Waals surface area contributed by atoms with Gasteiger partial charge in [-0.25, -0.2) is 0 Å². The lowest BCUT2D eigenvalue weighted by molar-refractivity contribution is -0.138. The molecule has 0 bridgehead atoms. The van der Waals surface area contributed by atoms with Gasteiger partial charge in [0.1, 0.15) is 0 Å². The molecule has 1 N–H and O–H groups in total. The van der Waals surface area contributed by atoms with E-state index in [1.807, 2.05) is 4.90 Å². The van der Waals surface area contributed by atoms with Crippen molar-refractivity contribution >= 4 is 5.97 Å². The molecule has 0 amide bonds. The first kappa shape index (κ1) is 12.1. The molecule has 1 saturated carbocycles. The molecule has 0 aromatic rings. The Labute approximate surface area is 91.5 Å². The number of terminal acetylenes is 1. The van der Waals surface area contributed by atoms with Gasteiger partial charge in [0.05, 0.1) is 13.1 Å². The van der Waals surface area contributed by atoms with Gasteiger partial charge in [-0.1, -0.05) is 12.8 Å². The number of nitrogens with zero attached hydrogens (tertiary/aromatic N) is 1. The van der Waals surface area contributed by atoms with Crippen LogP contribution < -0.4 is 0 Å². The molecule has 0 radical (unpaired) electrons. The molecule has 3 heteroatoms. The van der Waals surface area contributed by atoms with E-state index in [0.717, 1.165) is 18.8 Å². The molecule has 0 unspecified atom stereocenters. The van der Waals surface area contributed by atoms with E-state index in [9.17, 15) is 4.79 Å². The van der Waals surface area contributed by atoms with Crippen LogP contribution in [0.4, 0.5) is 0 Å². The zero-order valence-corrected chi connectivity index (χ0v) is 9.28. The van der Waals surface area contributed by atoms with E-state index in [1.54, 1.807) is 0 Å². The van der Waals surface area contributed by atoms with Crippen LogP contribution in [-0.4, -0.2) is 35.1 Å². The molecule has 0 atom stereocenters. The predicted octanol–water partition coefficient (Wildman–Crippen LogP) is 1.58. The lowest BCUT2D eigenvalue weighted by atomic mass is 9.86. The van der Waals surface area contributed by atoms with Crippen LogP contribution in [0.15, 0.2) is 0 Å². The first-order valence-electron chi connectivity index (χ1n) is 5.52. The summed E-state index contributed by atoms with van der Waals surface area (Å²) >= 11 is 0. The lowest BCUT2D eigenvalue weighted by Crippen LogP contribution is -2.41. The van der Waals surface area contributed by atoms with Crippen molar-refractivity contribution in [2.45, 2.75) is 38.6 Å². The number of hydrogen-bond acceptors (Lipinski definition) is 2. The zero-order valence-electron chi connectivity index (χ0n) is 9.28. The fourth-order valence-electron chi connectivity index (χ4n) is 2.21. The van der Waals surface area contributed by atoms with Crippen LogP contribution in [0.1, 0.15) is 32.6 Å². The Bertz CT molecular complexity index is 249. The molecule has 15 heavy (non-hydrogen) atoms. The molecule has 1 fully saturated rings. The minimum absolute atomic E-state index is 0.0727. The molecule has 0 aromatic carbocycles. The third kappa shape index (κ3) is 3.93. The van der Waals surface area contributed by atoms with E-state index in [0.29, 0.717) is 12.6 Å². The van der Waals surface area contributed by atoms with Crippen molar-refractivity contribution in [3.63, 3.8) is 0 Å². The average Bonchev–Trinajstić information content (AvgIpc) is 2.17. The molecule has 0 heterocycles. The Hall–Kier alpha value is -1.01. The van der Waals surface area contributed by atoms with Crippen molar-refractivity contribution in [1.29, 1.82) is 0 Å². The van der Waals surface area contributed by atoms with Crippen LogP contribution in [0.3, 0.4) is 0 Å². The second kappa shape index (κ2) is 5.77. The highest BCUT2D eigenvalue weighted by molar-refractivity contribution is 5.69. The highest BCUT2D eigenvalue weighted by atomic mass is 16.4. The SMILES string of the molecule is C#CCN(CC(=O)O)C1CCC(C)CC1. The van der Waals surface area contributed by atoms with Gasteiger partial charge >= 0.3 is 5.97 Å². The van der Waals surface area contributed by atoms with Crippen LogP contribution in [-0.2, 0) is 4.79 Å². The van der Waals surface area contributed by atoms with E-state index >= 15 is 0 Å². The molecule has 0 saturated heterocycles. The number of carboxylic acids is 1. The van der Waals surface area contributed by atoms with Gasteiger partial charge < -0.3 is 5.11 Å². The molecule has 0 spiro atoms. The second-order valence-electron chi connectivity index (χ2n) is 4.42. The van der Waals surface area contributed by atoms with Crippen molar-refractivity contribution < 1.29 is 9.90 Å². The highest BCUT2D eigenvalue weighted by Gasteiger charge is 2.24. The maximum absolute atomic E-state index is 10.7. The molecule has 0 aromatic heterocycles. The summed E-state index contributed by atoms with van der Waals surface area (Å²) < 4.78 is 0. The quantitative estimate of drug-likeness (QED) is 0.715. The van der Waals surface area contributed by atoms with Crippen LogP contribution >= 0.6 is 0 Å². The van der Waals surface area contributed by atoms with Crippen LogP contribution in [0.25, 0.3) is 0 Å². The van der Waals surface area contributed by atoms with E-state index in [2.05, 4.69) is 12.8 Å². The van der Waals surface area contributed by atoms with E-state index in [4.69, 9.17) is 11.5 Å². The van der Waals surface area contributed by atoms with Gasteiger partial charge in [0, 0.05) is 6.04 Å². The third-order valence-corrected chi connectivity index (χ3v) is 3.13. The minimum atomic E-state index is -0.788. The molecule has 3 nitrogen and oxygen atoms in total. The summed E-state index contributed by atoms with van der Waals surface area (Å²) in [6, 6.07) is 0.369. The van der Waals surface area contributed by atoms with Crippen molar-refractivity contribution in [2.75, 3.05) is 13.1 Å². The van der Waals surface area contributed by atoms with E-state index in [-0.39, 0.29) is 6.54 Å². The van der Waals surface area contributed by atoms with Crippen molar-refractivity contribution in [3.05, 3.63) is 0 Å². The van der Waals surface area contributed by atoms with Crippen molar-refractivity contribution in [3.8, 4) is 12.3 Å². The maximum Gasteiger partial charge on any atom is 0.317 e. The fraction of sp³-hybridized carbons (Fsp3) is 0.750. The molecule has 1 rings (SSSR count). The summed E-state index contributed by atoms with van der Waals surface area (Å²) in [4.78, 5) is 12.6. The van der Waals surface area contributed by atoms with Gasteiger partial charge in [-0.05, 0) is 31.6 Å². The molecular formula is C12H19NO2. The van der Waals surface area contributed by atoms with Crippen LogP contribution in [0.5, 0.6) is 0 Å². The first-order valence-corrected chi connectivity index (χ1v) is 5.52. The molecule has 0 aliphatic heterocycles. The Balaban J connectivity index is 2.48. The second-order valence-corrected chi connectivity index (χ2v) is 4.42. The van der Waals surface area contributed by atoms with Crippen LogP contribution in [0, 0.1) is 18.3 Å². The summed E-state index contributed by atoms with van der Waals surface area (Å²) in [5.74, 6) is 2.53. The van der Waals surface area contributed by atoms with Gasteiger partial charge in [-0.15, -0.1) is 6.42 Å². The van der Waals surface area contributed by atoms with Gasteiger partial charge in [0.25, 0.3) is 0 Å². The Morgan fingerprint density at radius 3 is 2.53 bits per heavy atom. The maximum atomic E-state index is 10.7. The summed E-state index contributed by atoms with van der Waals surface area (Å²) in [6.07, 6.45) is 9.79. The van der Waals surface area contributed by atoms with Crippen molar-refractivity contribution in [1.82, 2.24) is 4.90 Å². The molecular weight excluding hydrogens is 190 g/mol. The number of carboxylic acid groups (broad SMARTS) is 1. The standard InChI is InChI=1S/C12H19NO2/c1-3-8-13(9-12(14)15)11-6-4-10(2)5-7-11/h1,10-11H,4-9H2,2H3,(H,14,15).